The van der Waals surface area contributed by atoms with Crippen molar-refractivity contribution in [3.8, 4) is 0 Å². The third-order valence-electron chi connectivity index (χ3n) is 2.91. The molecule has 0 saturated carbocycles. The van der Waals surface area contributed by atoms with E-state index in [9.17, 15) is 4.79 Å². The van der Waals surface area contributed by atoms with Crippen molar-refractivity contribution < 1.29 is 4.79 Å². The van der Waals surface area contributed by atoms with Gasteiger partial charge in [-0.25, -0.2) is 0 Å². The van der Waals surface area contributed by atoms with Gasteiger partial charge in [0, 0.05) is 12.2 Å². The Balaban J connectivity index is 2.75. The minimum Gasteiger partial charge on any atom is -0.325 e. The summed E-state index contributed by atoms with van der Waals surface area (Å²) in [7, 11) is 4.03. The Morgan fingerprint density at radius 1 is 1.37 bits per heavy atom. The molecule has 106 valence electrons. The summed E-state index contributed by atoms with van der Waals surface area (Å²) in [5.74, 6) is -0.144. The van der Waals surface area contributed by atoms with Gasteiger partial charge >= 0.3 is 0 Å². The summed E-state index contributed by atoms with van der Waals surface area (Å²) >= 11 is 0. The van der Waals surface area contributed by atoms with Gasteiger partial charge in [-0.2, -0.15) is 0 Å². The maximum atomic E-state index is 12.0. The summed E-state index contributed by atoms with van der Waals surface area (Å²) in [6.45, 7) is 6.72. The Bertz CT molecular complexity index is 435. The number of rotatable bonds is 4. The molecule has 0 heterocycles. The summed E-state index contributed by atoms with van der Waals surface area (Å²) in [5.41, 5.74) is 7.65. The smallest absolute Gasteiger partial charge is 0.241 e. The molecular formula is C15H25N3O. The van der Waals surface area contributed by atoms with Crippen LogP contribution in [0.25, 0.3) is 0 Å². The van der Waals surface area contributed by atoms with Gasteiger partial charge in [-0.3, -0.25) is 4.79 Å². The molecule has 0 fully saturated rings. The van der Waals surface area contributed by atoms with Crippen LogP contribution in [-0.4, -0.2) is 30.9 Å². The lowest BCUT2D eigenvalue weighted by Gasteiger charge is -2.25. The van der Waals surface area contributed by atoms with Gasteiger partial charge in [0.15, 0.2) is 0 Å². The van der Waals surface area contributed by atoms with Crippen LogP contribution in [0.1, 0.15) is 26.3 Å². The van der Waals surface area contributed by atoms with Gasteiger partial charge in [0.2, 0.25) is 5.91 Å². The maximum Gasteiger partial charge on any atom is 0.241 e. The highest BCUT2D eigenvalue weighted by molar-refractivity contribution is 5.95. The third kappa shape index (κ3) is 5.01. The molecule has 1 aromatic rings. The molecular weight excluding hydrogens is 238 g/mol. The largest absolute Gasteiger partial charge is 0.325 e. The molecule has 0 aliphatic heterocycles. The van der Waals surface area contributed by atoms with Gasteiger partial charge in [-0.05, 0) is 37.2 Å². The molecule has 0 radical (unpaired) electrons. The topological polar surface area (TPSA) is 58.4 Å². The Kier molecular flexibility index (Phi) is 5.09. The summed E-state index contributed by atoms with van der Waals surface area (Å²) in [5, 5.41) is 2.88. The Morgan fingerprint density at radius 2 is 2.00 bits per heavy atom. The lowest BCUT2D eigenvalue weighted by molar-refractivity contribution is -0.119. The van der Waals surface area contributed by atoms with Crippen molar-refractivity contribution in [1.29, 1.82) is 0 Å². The number of hydrogen-bond donors (Lipinski definition) is 2. The average Bonchev–Trinajstić information content (AvgIpc) is 2.26. The Labute approximate surface area is 116 Å². The summed E-state index contributed by atoms with van der Waals surface area (Å²) in [6.07, 6.45) is 0. The van der Waals surface area contributed by atoms with Crippen LogP contribution in [0.15, 0.2) is 24.3 Å². The van der Waals surface area contributed by atoms with E-state index in [4.69, 9.17) is 5.73 Å². The van der Waals surface area contributed by atoms with Crippen LogP contribution in [0, 0.1) is 5.41 Å². The SMILES string of the molecule is CN(C)Cc1cccc(NC(=O)[C@H](N)C(C)(C)C)c1. The van der Waals surface area contributed by atoms with Crippen molar-refractivity contribution in [1.82, 2.24) is 4.90 Å². The van der Waals surface area contributed by atoms with Gasteiger partial charge in [0.05, 0.1) is 6.04 Å². The number of nitrogens with two attached hydrogens (primary N) is 1. The van der Waals surface area contributed by atoms with E-state index in [-0.39, 0.29) is 11.3 Å². The number of nitrogens with zero attached hydrogens (tertiary/aromatic N) is 1. The van der Waals surface area contributed by atoms with Crippen molar-refractivity contribution in [2.24, 2.45) is 11.1 Å². The fourth-order valence-corrected chi connectivity index (χ4v) is 1.73. The van der Waals surface area contributed by atoms with Crippen LogP contribution in [0.5, 0.6) is 0 Å². The number of amides is 1. The van der Waals surface area contributed by atoms with E-state index in [0.717, 1.165) is 17.8 Å². The number of hydrogen-bond acceptors (Lipinski definition) is 3. The van der Waals surface area contributed by atoms with E-state index < -0.39 is 6.04 Å². The monoisotopic (exact) mass is 263 g/mol. The molecule has 0 spiro atoms. The van der Waals surface area contributed by atoms with E-state index in [1.54, 1.807) is 0 Å². The van der Waals surface area contributed by atoms with E-state index in [2.05, 4.69) is 10.2 Å². The zero-order valence-corrected chi connectivity index (χ0v) is 12.5. The lowest BCUT2D eigenvalue weighted by Crippen LogP contribution is -2.45. The van der Waals surface area contributed by atoms with Crippen LogP contribution in [-0.2, 0) is 11.3 Å². The molecule has 4 heteroatoms. The molecule has 0 unspecified atom stereocenters. The zero-order valence-electron chi connectivity index (χ0n) is 12.5. The second-order valence-electron chi connectivity index (χ2n) is 6.27. The molecule has 0 saturated heterocycles. The van der Waals surface area contributed by atoms with Crippen LogP contribution >= 0.6 is 0 Å². The van der Waals surface area contributed by atoms with Gasteiger partial charge < -0.3 is 16.0 Å². The van der Waals surface area contributed by atoms with Gasteiger partial charge in [0.25, 0.3) is 0 Å². The number of carbonyl (C=O) groups excluding carboxylic acids is 1. The Morgan fingerprint density at radius 3 is 2.53 bits per heavy atom. The van der Waals surface area contributed by atoms with Crippen LogP contribution < -0.4 is 11.1 Å². The first-order valence-electron chi connectivity index (χ1n) is 6.50. The van der Waals surface area contributed by atoms with Crippen molar-refractivity contribution in [2.75, 3.05) is 19.4 Å². The van der Waals surface area contributed by atoms with Crippen molar-refractivity contribution >= 4 is 11.6 Å². The predicted octanol–water partition coefficient (Wildman–Crippen LogP) is 2.06. The van der Waals surface area contributed by atoms with E-state index in [1.807, 2.05) is 59.1 Å². The van der Waals surface area contributed by atoms with Gasteiger partial charge in [-0.15, -0.1) is 0 Å². The second-order valence-corrected chi connectivity index (χ2v) is 6.27. The highest BCUT2D eigenvalue weighted by Crippen LogP contribution is 2.19. The maximum absolute atomic E-state index is 12.0. The molecule has 19 heavy (non-hydrogen) atoms. The molecule has 1 atom stereocenters. The molecule has 0 aliphatic carbocycles. The van der Waals surface area contributed by atoms with Crippen LogP contribution in [0.3, 0.4) is 0 Å². The number of nitrogens with one attached hydrogen (secondary N) is 1. The van der Waals surface area contributed by atoms with Crippen LogP contribution in [0.2, 0.25) is 0 Å². The quantitative estimate of drug-likeness (QED) is 0.874. The summed E-state index contributed by atoms with van der Waals surface area (Å²) < 4.78 is 0. The average molecular weight is 263 g/mol. The third-order valence-corrected chi connectivity index (χ3v) is 2.91. The lowest BCUT2D eigenvalue weighted by atomic mass is 9.87. The van der Waals surface area contributed by atoms with Crippen LogP contribution in [0.4, 0.5) is 5.69 Å². The fraction of sp³-hybridized carbons (Fsp3) is 0.533. The second kappa shape index (κ2) is 6.17. The van der Waals surface area contributed by atoms with Crippen molar-refractivity contribution in [3.63, 3.8) is 0 Å². The Hall–Kier alpha value is -1.39. The minimum atomic E-state index is -0.523. The zero-order chi connectivity index (χ0) is 14.6. The highest BCUT2D eigenvalue weighted by atomic mass is 16.2. The number of benzene rings is 1. The minimum absolute atomic E-state index is 0.144. The van der Waals surface area contributed by atoms with E-state index >= 15 is 0 Å². The molecule has 1 amide bonds. The first kappa shape index (κ1) is 15.7. The van der Waals surface area contributed by atoms with Gasteiger partial charge in [0.1, 0.15) is 0 Å². The number of anilines is 1. The fourth-order valence-electron chi connectivity index (χ4n) is 1.73. The highest BCUT2D eigenvalue weighted by Gasteiger charge is 2.27. The summed E-state index contributed by atoms with van der Waals surface area (Å²) in [4.78, 5) is 14.1. The molecule has 0 aliphatic rings. The normalized spacial score (nSPS) is 13.4. The van der Waals surface area contributed by atoms with E-state index in [1.165, 1.54) is 0 Å². The summed E-state index contributed by atoms with van der Waals surface area (Å²) in [6, 6.07) is 7.32. The first-order valence-corrected chi connectivity index (χ1v) is 6.50. The molecule has 3 N–H and O–H groups in total. The molecule has 1 aromatic carbocycles. The van der Waals surface area contributed by atoms with Gasteiger partial charge in [-0.1, -0.05) is 32.9 Å². The van der Waals surface area contributed by atoms with Crippen molar-refractivity contribution in [2.45, 2.75) is 33.4 Å². The molecule has 1 rings (SSSR count). The standard InChI is InChI=1S/C15H25N3O/c1-15(2,3)13(16)14(19)17-12-8-6-7-11(9-12)10-18(4)5/h6-9,13H,10,16H2,1-5H3,(H,17,19)/t13-/m0/s1. The first-order chi connectivity index (χ1) is 8.70. The number of carbonyl (C=O) groups is 1. The van der Waals surface area contributed by atoms with Crippen molar-refractivity contribution in [3.05, 3.63) is 29.8 Å². The predicted molar refractivity (Wildman–Crippen MR) is 79.9 cm³/mol. The van der Waals surface area contributed by atoms with E-state index in [0.29, 0.717) is 0 Å². The molecule has 0 aromatic heterocycles. The molecule has 0 bridgehead atoms. The molecule has 4 nitrogen and oxygen atoms in total.